The topological polar surface area (TPSA) is 60.9 Å². The Morgan fingerprint density at radius 1 is 1.10 bits per heavy atom. The second-order valence-electron chi connectivity index (χ2n) is 8.01. The fourth-order valence-electron chi connectivity index (χ4n) is 4.06. The van der Waals surface area contributed by atoms with Crippen LogP contribution in [-0.4, -0.2) is 35.7 Å². The third kappa shape index (κ3) is 3.81. The molecule has 0 atom stereocenters. The van der Waals surface area contributed by atoms with Gasteiger partial charge >= 0.3 is 5.97 Å². The molecule has 158 valence electrons. The molecular formula is C25H24NO5+. The van der Waals surface area contributed by atoms with E-state index in [1.54, 1.807) is 6.26 Å². The van der Waals surface area contributed by atoms with E-state index in [1.807, 2.05) is 56.3 Å². The number of esters is 1. The maximum atomic E-state index is 12.1. The Morgan fingerprint density at radius 3 is 2.58 bits per heavy atom. The smallest absolute Gasteiger partial charge is 0.338 e. The highest BCUT2D eigenvalue weighted by atomic mass is 16.7. The summed E-state index contributed by atoms with van der Waals surface area (Å²) in [6, 6.07) is 15.6. The van der Waals surface area contributed by atoms with Crippen molar-refractivity contribution in [2.45, 2.75) is 32.9 Å². The van der Waals surface area contributed by atoms with Crippen LogP contribution in [0, 0.1) is 0 Å². The van der Waals surface area contributed by atoms with E-state index in [1.165, 1.54) is 5.56 Å². The van der Waals surface area contributed by atoms with Crippen LogP contribution < -0.4 is 9.47 Å². The highest BCUT2D eigenvalue weighted by molar-refractivity contribution is 6.09. The van der Waals surface area contributed by atoms with Gasteiger partial charge in [-0.1, -0.05) is 12.1 Å². The number of benzene rings is 2. The van der Waals surface area contributed by atoms with Crippen molar-refractivity contribution in [1.82, 2.24) is 0 Å². The minimum atomic E-state index is -0.299. The van der Waals surface area contributed by atoms with Gasteiger partial charge in [-0.05, 0) is 55.8 Å². The van der Waals surface area contributed by atoms with Crippen molar-refractivity contribution in [2.24, 2.45) is 0 Å². The van der Waals surface area contributed by atoms with Crippen LogP contribution in [0.2, 0.25) is 0 Å². The van der Waals surface area contributed by atoms with Crippen LogP contribution >= 0.6 is 0 Å². The predicted octanol–water partition coefficient (Wildman–Crippen LogP) is 4.18. The van der Waals surface area contributed by atoms with Gasteiger partial charge in [0.15, 0.2) is 23.8 Å². The number of hydrogen-bond donors (Lipinski definition) is 0. The van der Waals surface area contributed by atoms with E-state index in [-0.39, 0.29) is 18.9 Å². The van der Waals surface area contributed by atoms with Crippen LogP contribution in [0.4, 0.5) is 0 Å². The summed E-state index contributed by atoms with van der Waals surface area (Å²) in [5, 5.41) is 0. The van der Waals surface area contributed by atoms with E-state index in [0.717, 1.165) is 47.1 Å². The Balaban J connectivity index is 1.49. The van der Waals surface area contributed by atoms with Crippen molar-refractivity contribution in [3.05, 3.63) is 82.8 Å². The van der Waals surface area contributed by atoms with Crippen molar-refractivity contribution in [1.29, 1.82) is 0 Å². The van der Waals surface area contributed by atoms with Gasteiger partial charge in [0.05, 0.1) is 23.5 Å². The Bertz CT molecular complexity index is 1140. The summed E-state index contributed by atoms with van der Waals surface area (Å²) in [4.78, 5) is 12.1. The third-order valence-corrected chi connectivity index (χ3v) is 5.48. The number of furan rings is 1. The highest BCUT2D eigenvalue weighted by Crippen LogP contribution is 2.37. The normalized spacial score (nSPS) is 14.7. The lowest BCUT2D eigenvalue weighted by molar-refractivity contribution is -0.544. The van der Waals surface area contributed by atoms with Gasteiger partial charge in [0.2, 0.25) is 6.79 Å². The lowest BCUT2D eigenvalue weighted by Gasteiger charge is -2.18. The van der Waals surface area contributed by atoms with E-state index >= 15 is 0 Å². The first-order valence-electron chi connectivity index (χ1n) is 10.5. The summed E-state index contributed by atoms with van der Waals surface area (Å²) >= 11 is 0. The molecule has 0 saturated carbocycles. The summed E-state index contributed by atoms with van der Waals surface area (Å²) < 4.78 is 24.6. The number of carbonyl (C=O) groups excluding carboxylic acids is 1. The van der Waals surface area contributed by atoms with Gasteiger partial charge < -0.3 is 18.6 Å². The highest BCUT2D eigenvalue weighted by Gasteiger charge is 2.32. The second kappa shape index (κ2) is 7.95. The number of ether oxygens (including phenoxy) is 3. The average molecular weight is 418 g/mol. The van der Waals surface area contributed by atoms with E-state index in [0.29, 0.717) is 12.1 Å². The largest absolute Gasteiger partial charge is 0.459 e. The molecule has 0 saturated heterocycles. The summed E-state index contributed by atoms with van der Waals surface area (Å²) in [6.45, 7) is 5.49. The van der Waals surface area contributed by atoms with Crippen LogP contribution in [0.15, 0.2) is 59.2 Å². The van der Waals surface area contributed by atoms with E-state index in [2.05, 4.69) is 10.6 Å². The molecule has 0 unspecified atom stereocenters. The molecule has 2 aliphatic rings. The van der Waals surface area contributed by atoms with Crippen LogP contribution in [0.3, 0.4) is 0 Å². The Labute approximate surface area is 180 Å². The molecule has 0 aliphatic carbocycles. The van der Waals surface area contributed by atoms with Gasteiger partial charge in [-0.3, -0.25) is 0 Å². The fourth-order valence-corrected chi connectivity index (χ4v) is 4.06. The fraction of sp³-hybridized carbons (Fsp3) is 0.280. The minimum Gasteiger partial charge on any atom is -0.459 e. The molecule has 0 bridgehead atoms. The van der Waals surface area contributed by atoms with Crippen LogP contribution in [0.5, 0.6) is 11.5 Å². The zero-order valence-electron chi connectivity index (χ0n) is 17.6. The Hall–Kier alpha value is -3.54. The first kappa shape index (κ1) is 19.4. The van der Waals surface area contributed by atoms with Crippen LogP contribution in [-0.2, 0) is 17.7 Å². The molecule has 31 heavy (non-hydrogen) atoms. The number of fused-ring (bicyclic) bond motifs is 2. The predicted molar refractivity (Wildman–Crippen MR) is 114 cm³/mol. The average Bonchev–Trinajstić information content (AvgIpc) is 3.44. The molecule has 0 radical (unpaired) electrons. The molecular weight excluding hydrogens is 394 g/mol. The maximum absolute atomic E-state index is 12.1. The molecule has 6 heteroatoms. The minimum absolute atomic E-state index is 0.137. The van der Waals surface area contributed by atoms with Crippen LogP contribution in [0.1, 0.15) is 46.7 Å². The second-order valence-corrected chi connectivity index (χ2v) is 8.01. The number of nitrogens with zero attached hydrogens (tertiary/aromatic N) is 1. The molecule has 0 spiro atoms. The number of carbonyl (C=O) groups is 1. The molecule has 6 nitrogen and oxygen atoms in total. The van der Waals surface area contributed by atoms with Crippen molar-refractivity contribution in [2.75, 3.05) is 13.3 Å². The quantitative estimate of drug-likeness (QED) is 0.460. The van der Waals surface area contributed by atoms with Gasteiger partial charge in [-0.25, -0.2) is 9.37 Å². The number of rotatable bonds is 5. The van der Waals surface area contributed by atoms with Gasteiger partial charge in [0, 0.05) is 12.0 Å². The summed E-state index contributed by atoms with van der Waals surface area (Å²) in [5.74, 6) is 2.08. The van der Waals surface area contributed by atoms with Gasteiger partial charge in [-0.2, -0.15) is 0 Å². The molecule has 3 heterocycles. The lowest BCUT2D eigenvalue weighted by Crippen LogP contribution is -2.30. The SMILES string of the molecule is CC(C)OC(=O)c1ccc(C[N+]2=C(c3ccco3)c3cc4c(cc3CC2)OCO4)cc1. The number of hydrogen-bond acceptors (Lipinski definition) is 5. The van der Waals surface area contributed by atoms with Gasteiger partial charge in [0.25, 0.3) is 5.71 Å². The Kier molecular flexibility index (Phi) is 4.98. The Morgan fingerprint density at radius 2 is 1.87 bits per heavy atom. The zero-order valence-corrected chi connectivity index (χ0v) is 17.6. The molecule has 3 aromatic rings. The van der Waals surface area contributed by atoms with Crippen molar-refractivity contribution in [3.63, 3.8) is 0 Å². The van der Waals surface area contributed by atoms with Crippen molar-refractivity contribution >= 4 is 11.7 Å². The van der Waals surface area contributed by atoms with Gasteiger partial charge in [-0.15, -0.1) is 0 Å². The molecule has 0 amide bonds. The van der Waals surface area contributed by atoms with Gasteiger partial charge in [0.1, 0.15) is 6.54 Å². The summed E-state index contributed by atoms with van der Waals surface area (Å²) in [5.41, 5.74) is 5.02. The third-order valence-electron chi connectivity index (χ3n) is 5.48. The molecule has 2 aromatic carbocycles. The monoisotopic (exact) mass is 418 g/mol. The van der Waals surface area contributed by atoms with E-state index < -0.39 is 0 Å². The first-order chi connectivity index (χ1) is 15.1. The molecule has 2 aliphatic heterocycles. The van der Waals surface area contributed by atoms with E-state index in [9.17, 15) is 4.79 Å². The molecule has 5 rings (SSSR count). The molecule has 0 fully saturated rings. The summed E-state index contributed by atoms with van der Waals surface area (Å²) in [6.07, 6.45) is 2.45. The molecule has 1 aromatic heterocycles. The summed E-state index contributed by atoms with van der Waals surface area (Å²) in [7, 11) is 0. The van der Waals surface area contributed by atoms with Crippen LogP contribution in [0.25, 0.3) is 0 Å². The zero-order chi connectivity index (χ0) is 21.4. The first-order valence-corrected chi connectivity index (χ1v) is 10.5. The van der Waals surface area contributed by atoms with Crippen molar-refractivity contribution in [3.8, 4) is 11.5 Å². The molecule has 0 N–H and O–H groups in total. The van der Waals surface area contributed by atoms with E-state index in [4.69, 9.17) is 18.6 Å². The lowest BCUT2D eigenvalue weighted by atomic mass is 9.94. The van der Waals surface area contributed by atoms with Crippen molar-refractivity contribution < 1.29 is 28.0 Å². The standard InChI is InChI=1S/C25H24NO5/c1-16(2)31-25(27)18-7-5-17(6-8-18)14-26-10-9-19-12-22-23(30-15-29-22)13-20(19)24(26)21-4-3-11-28-21/h3-8,11-13,16H,9-10,14-15H2,1-2H3/q+1. The maximum Gasteiger partial charge on any atom is 0.338 e.